The highest BCUT2D eigenvalue weighted by molar-refractivity contribution is 7.90. The Balaban J connectivity index is 2.51. The first-order valence-corrected chi connectivity index (χ1v) is 9.10. The van der Waals surface area contributed by atoms with Crippen molar-refractivity contribution in [3.63, 3.8) is 0 Å². The van der Waals surface area contributed by atoms with Crippen molar-refractivity contribution < 1.29 is 13.2 Å². The van der Waals surface area contributed by atoms with Gasteiger partial charge in [-0.3, -0.25) is 4.79 Å². The first-order chi connectivity index (χ1) is 10.6. The van der Waals surface area contributed by atoms with E-state index in [1.807, 2.05) is 18.7 Å². The molecule has 0 aromatic heterocycles. The van der Waals surface area contributed by atoms with Crippen LogP contribution in [0.4, 0.5) is 5.69 Å². The molecule has 1 aliphatic rings. The molecular formula is C16H23N3O3S. The first kappa shape index (κ1) is 17.5. The number of benzene rings is 1. The average Bonchev–Trinajstić information content (AvgIpc) is 2.41. The highest BCUT2D eigenvalue weighted by Crippen LogP contribution is 2.33. The number of amidine groups is 1. The molecule has 0 atom stereocenters. The van der Waals surface area contributed by atoms with Crippen LogP contribution < -0.4 is 10.2 Å². The molecule has 1 aromatic carbocycles. The van der Waals surface area contributed by atoms with Crippen LogP contribution in [0, 0.1) is 5.92 Å². The Kier molecular flexibility index (Phi) is 4.79. The molecule has 0 bridgehead atoms. The zero-order valence-corrected chi connectivity index (χ0v) is 14.9. The van der Waals surface area contributed by atoms with Gasteiger partial charge in [0.2, 0.25) is 0 Å². The smallest absolute Gasteiger partial charge is 0.286 e. The minimum atomic E-state index is -3.78. The second-order valence-corrected chi connectivity index (χ2v) is 8.00. The van der Waals surface area contributed by atoms with Gasteiger partial charge in [-0.05, 0) is 44.9 Å². The lowest BCUT2D eigenvalue weighted by atomic mass is 10.1. The van der Waals surface area contributed by atoms with E-state index >= 15 is 0 Å². The van der Waals surface area contributed by atoms with Crippen LogP contribution in [0.1, 0.15) is 45.0 Å². The van der Waals surface area contributed by atoms with E-state index in [-0.39, 0.29) is 16.8 Å². The van der Waals surface area contributed by atoms with Gasteiger partial charge < -0.3 is 10.2 Å². The molecule has 7 heteroatoms. The van der Waals surface area contributed by atoms with E-state index < -0.39 is 10.0 Å². The van der Waals surface area contributed by atoms with Gasteiger partial charge in [-0.15, -0.1) is 4.40 Å². The maximum atomic E-state index is 12.4. The van der Waals surface area contributed by atoms with Gasteiger partial charge in [0.25, 0.3) is 15.9 Å². The van der Waals surface area contributed by atoms with Gasteiger partial charge in [0.1, 0.15) is 10.7 Å². The number of nitrogens with zero attached hydrogens (tertiary/aromatic N) is 2. The zero-order chi connectivity index (χ0) is 17.4. The van der Waals surface area contributed by atoms with Crippen molar-refractivity contribution in [1.29, 1.82) is 0 Å². The lowest BCUT2D eigenvalue weighted by Gasteiger charge is -2.31. The van der Waals surface area contributed by atoms with Crippen molar-refractivity contribution in [2.45, 2.75) is 45.6 Å². The lowest BCUT2D eigenvalue weighted by Crippen LogP contribution is -2.37. The Labute approximate surface area is 137 Å². The summed E-state index contributed by atoms with van der Waals surface area (Å²) in [5.74, 6) is 0.503. The Hall–Kier alpha value is -1.89. The summed E-state index contributed by atoms with van der Waals surface area (Å²) in [7, 11) is -3.78. The quantitative estimate of drug-likeness (QED) is 0.915. The second-order valence-electron chi connectivity index (χ2n) is 6.43. The minimum Gasteiger partial charge on any atom is -0.350 e. The van der Waals surface area contributed by atoms with E-state index in [9.17, 15) is 13.2 Å². The molecule has 0 spiro atoms. The number of hydrogen-bond acceptors (Lipinski definition) is 4. The number of carbonyl (C=O) groups excluding carboxylic acids is 1. The van der Waals surface area contributed by atoms with Gasteiger partial charge in [0.15, 0.2) is 0 Å². The molecular weight excluding hydrogens is 314 g/mol. The molecule has 0 saturated carbocycles. The van der Waals surface area contributed by atoms with Crippen LogP contribution >= 0.6 is 0 Å². The predicted molar refractivity (Wildman–Crippen MR) is 91.5 cm³/mol. The number of amides is 1. The fourth-order valence-electron chi connectivity index (χ4n) is 2.47. The third-order valence-electron chi connectivity index (χ3n) is 3.40. The Bertz CT molecular complexity index is 752. The van der Waals surface area contributed by atoms with E-state index in [1.54, 1.807) is 19.1 Å². The van der Waals surface area contributed by atoms with Crippen molar-refractivity contribution in [2.24, 2.45) is 10.3 Å². The summed E-state index contributed by atoms with van der Waals surface area (Å²) in [4.78, 5) is 14.1. The molecule has 6 nitrogen and oxygen atoms in total. The molecule has 0 radical (unpaired) electrons. The Morgan fingerprint density at radius 3 is 2.48 bits per heavy atom. The minimum absolute atomic E-state index is 0.0205. The van der Waals surface area contributed by atoms with Crippen LogP contribution in [0.25, 0.3) is 0 Å². The number of carbonyl (C=O) groups is 1. The van der Waals surface area contributed by atoms with Crippen LogP contribution in [0.3, 0.4) is 0 Å². The molecule has 1 aromatic rings. The van der Waals surface area contributed by atoms with Crippen molar-refractivity contribution >= 4 is 27.5 Å². The Morgan fingerprint density at radius 2 is 1.91 bits per heavy atom. The molecule has 1 amide bonds. The summed E-state index contributed by atoms with van der Waals surface area (Å²) in [6, 6.07) is 4.72. The average molecular weight is 337 g/mol. The van der Waals surface area contributed by atoms with Crippen molar-refractivity contribution in [3.05, 3.63) is 23.8 Å². The third kappa shape index (κ3) is 3.72. The van der Waals surface area contributed by atoms with E-state index in [1.165, 1.54) is 6.07 Å². The molecule has 2 rings (SSSR count). The van der Waals surface area contributed by atoms with Crippen LogP contribution in [0.5, 0.6) is 0 Å². The van der Waals surface area contributed by atoms with Gasteiger partial charge in [-0.25, -0.2) is 0 Å². The zero-order valence-electron chi connectivity index (χ0n) is 14.1. The second kappa shape index (κ2) is 6.31. The fraction of sp³-hybridized carbons (Fsp3) is 0.500. The molecule has 1 heterocycles. The molecule has 23 heavy (non-hydrogen) atoms. The van der Waals surface area contributed by atoms with Gasteiger partial charge in [0.05, 0.1) is 5.69 Å². The highest BCUT2D eigenvalue weighted by atomic mass is 32.2. The summed E-state index contributed by atoms with van der Waals surface area (Å²) >= 11 is 0. The molecule has 1 aliphatic heterocycles. The van der Waals surface area contributed by atoms with E-state index in [2.05, 4.69) is 23.6 Å². The summed E-state index contributed by atoms with van der Waals surface area (Å²) in [6.07, 6.45) is 0. The Morgan fingerprint density at radius 1 is 1.26 bits per heavy atom. The monoisotopic (exact) mass is 337 g/mol. The summed E-state index contributed by atoms with van der Waals surface area (Å²) in [6.45, 7) is 10.2. The maximum absolute atomic E-state index is 12.4. The normalized spacial score (nSPS) is 16.3. The van der Waals surface area contributed by atoms with Gasteiger partial charge in [-0.2, -0.15) is 8.42 Å². The van der Waals surface area contributed by atoms with Crippen LogP contribution in [0.2, 0.25) is 0 Å². The van der Waals surface area contributed by atoms with Crippen LogP contribution in [0.15, 0.2) is 27.5 Å². The molecule has 126 valence electrons. The topological polar surface area (TPSA) is 78.8 Å². The fourth-order valence-corrected chi connectivity index (χ4v) is 3.74. The maximum Gasteiger partial charge on any atom is 0.286 e. The number of rotatable bonds is 4. The van der Waals surface area contributed by atoms with Crippen molar-refractivity contribution in [1.82, 2.24) is 5.32 Å². The lowest BCUT2D eigenvalue weighted by molar-refractivity contribution is 0.0943. The predicted octanol–water partition coefficient (Wildman–Crippen LogP) is 2.41. The SMILES string of the molecule is CC1=NS(=O)(=O)c2cc(C(=O)NC(C)C)ccc2N1CC(C)C. The van der Waals surface area contributed by atoms with Gasteiger partial charge in [0, 0.05) is 18.2 Å². The summed E-state index contributed by atoms with van der Waals surface area (Å²) < 4.78 is 28.6. The standard InChI is InChI=1S/C16H23N3O3S/c1-10(2)9-19-12(5)18-23(21,22)15-8-13(6-7-14(15)19)16(20)17-11(3)4/h6-8,10-11H,9H2,1-5H3,(H,17,20). The number of fused-ring (bicyclic) bond motifs is 1. The summed E-state index contributed by atoms with van der Waals surface area (Å²) in [5.41, 5.74) is 0.896. The van der Waals surface area contributed by atoms with Crippen molar-refractivity contribution in [3.8, 4) is 0 Å². The molecule has 1 N–H and O–H groups in total. The van der Waals surface area contributed by atoms with Gasteiger partial charge >= 0.3 is 0 Å². The molecule has 0 saturated heterocycles. The van der Waals surface area contributed by atoms with E-state index in [0.717, 1.165) is 0 Å². The van der Waals surface area contributed by atoms with E-state index in [0.29, 0.717) is 29.5 Å². The number of sulfonamides is 1. The molecule has 0 fully saturated rings. The van der Waals surface area contributed by atoms with E-state index in [4.69, 9.17) is 0 Å². The first-order valence-electron chi connectivity index (χ1n) is 7.66. The number of hydrogen-bond donors (Lipinski definition) is 1. The van der Waals surface area contributed by atoms with Crippen molar-refractivity contribution in [2.75, 3.05) is 11.4 Å². The molecule has 0 unspecified atom stereocenters. The van der Waals surface area contributed by atoms with Gasteiger partial charge in [-0.1, -0.05) is 13.8 Å². The third-order valence-corrected chi connectivity index (χ3v) is 4.79. The molecule has 0 aliphatic carbocycles. The number of nitrogens with one attached hydrogen (secondary N) is 1. The van der Waals surface area contributed by atoms with Crippen LogP contribution in [-0.2, 0) is 10.0 Å². The largest absolute Gasteiger partial charge is 0.350 e. The highest BCUT2D eigenvalue weighted by Gasteiger charge is 2.30. The van der Waals surface area contributed by atoms with Crippen LogP contribution in [-0.4, -0.2) is 32.7 Å². The number of anilines is 1. The summed E-state index contributed by atoms with van der Waals surface area (Å²) in [5, 5.41) is 2.76.